The summed E-state index contributed by atoms with van der Waals surface area (Å²) in [5.74, 6) is 1.03. The Morgan fingerprint density at radius 3 is 2.68 bits per heavy atom. The summed E-state index contributed by atoms with van der Waals surface area (Å²) in [5, 5.41) is 13.5. The van der Waals surface area contributed by atoms with Gasteiger partial charge in [-0.25, -0.2) is 0 Å². The molecule has 2 unspecified atom stereocenters. The predicted molar refractivity (Wildman–Crippen MR) is 82.4 cm³/mol. The molecule has 1 aromatic rings. The van der Waals surface area contributed by atoms with E-state index < -0.39 is 5.60 Å². The van der Waals surface area contributed by atoms with E-state index in [0.717, 1.165) is 32.1 Å². The first kappa shape index (κ1) is 14.0. The smallest absolute Gasteiger partial charge is 0.225 e. The Morgan fingerprint density at radius 2 is 2.05 bits per heavy atom. The Hall–Kier alpha value is -1.62. The summed E-state index contributed by atoms with van der Waals surface area (Å²) in [6.07, 6.45) is 9.34. The molecule has 4 aliphatic rings. The van der Waals surface area contributed by atoms with E-state index in [2.05, 4.69) is 10.3 Å². The van der Waals surface area contributed by atoms with Crippen LogP contribution in [0.15, 0.2) is 23.3 Å². The van der Waals surface area contributed by atoms with Crippen molar-refractivity contribution < 1.29 is 9.90 Å². The molecule has 5 heteroatoms. The number of anilines is 1. The number of hydrogen-bond donors (Lipinski definition) is 3. The van der Waals surface area contributed by atoms with E-state index in [4.69, 9.17) is 0 Å². The zero-order valence-corrected chi connectivity index (χ0v) is 12.6. The van der Waals surface area contributed by atoms with Gasteiger partial charge in [0, 0.05) is 24.9 Å². The Morgan fingerprint density at radius 1 is 1.32 bits per heavy atom. The molecule has 1 aromatic heterocycles. The second-order valence-electron chi connectivity index (χ2n) is 7.83. The van der Waals surface area contributed by atoms with Crippen molar-refractivity contribution in [2.75, 3.05) is 5.32 Å². The highest BCUT2D eigenvalue weighted by Crippen LogP contribution is 2.62. The third-order valence-corrected chi connectivity index (χ3v) is 5.79. The molecule has 5 nitrogen and oxygen atoms in total. The highest BCUT2D eigenvalue weighted by atomic mass is 16.3. The molecule has 3 N–H and O–H groups in total. The lowest BCUT2D eigenvalue weighted by molar-refractivity contribution is -0.167. The van der Waals surface area contributed by atoms with Gasteiger partial charge >= 0.3 is 0 Å². The molecule has 0 saturated heterocycles. The van der Waals surface area contributed by atoms with Crippen LogP contribution in [0.2, 0.25) is 0 Å². The largest absolute Gasteiger partial charge is 0.390 e. The van der Waals surface area contributed by atoms with E-state index in [1.165, 1.54) is 18.7 Å². The number of rotatable bonds is 3. The summed E-state index contributed by atoms with van der Waals surface area (Å²) in [6.45, 7) is 0. The fourth-order valence-corrected chi connectivity index (χ4v) is 5.66. The number of aromatic amines is 1. The fourth-order valence-electron chi connectivity index (χ4n) is 5.66. The molecular formula is C17H22N2O3. The Labute approximate surface area is 129 Å². The van der Waals surface area contributed by atoms with Gasteiger partial charge in [-0.3, -0.25) is 9.59 Å². The zero-order valence-electron chi connectivity index (χ0n) is 12.6. The molecule has 0 aromatic carbocycles. The highest BCUT2D eigenvalue weighted by Gasteiger charge is 2.57. The van der Waals surface area contributed by atoms with E-state index >= 15 is 0 Å². The van der Waals surface area contributed by atoms with E-state index in [-0.39, 0.29) is 16.8 Å². The predicted octanol–water partition coefficient (Wildman–Crippen LogP) is 2.03. The van der Waals surface area contributed by atoms with Crippen LogP contribution in [0.25, 0.3) is 0 Å². The molecular weight excluding hydrogens is 280 g/mol. The van der Waals surface area contributed by atoms with E-state index in [1.807, 2.05) is 0 Å². The van der Waals surface area contributed by atoms with Gasteiger partial charge in [-0.1, -0.05) is 0 Å². The number of amides is 1. The van der Waals surface area contributed by atoms with Crippen LogP contribution < -0.4 is 10.7 Å². The van der Waals surface area contributed by atoms with Gasteiger partial charge in [-0.05, 0) is 55.8 Å². The van der Waals surface area contributed by atoms with Crippen molar-refractivity contribution >= 4 is 11.6 Å². The molecule has 1 amide bonds. The summed E-state index contributed by atoms with van der Waals surface area (Å²) in [7, 11) is 0. The maximum absolute atomic E-state index is 12.4. The average molecular weight is 302 g/mol. The molecule has 1 heterocycles. The van der Waals surface area contributed by atoms with Gasteiger partial charge in [0.2, 0.25) is 11.3 Å². The Bertz CT molecular complexity index is 652. The second-order valence-corrected chi connectivity index (χ2v) is 7.83. The first-order valence-electron chi connectivity index (χ1n) is 8.15. The van der Waals surface area contributed by atoms with Gasteiger partial charge in [0.1, 0.15) is 5.69 Å². The number of nitrogens with one attached hydrogen (secondary N) is 2. The zero-order chi connectivity index (χ0) is 15.4. The SMILES string of the molecule is O=C(CC12CC3CC(CC(O)(C3)C1)C2)Nc1c[nH]ccc1=O. The van der Waals surface area contributed by atoms with E-state index in [1.54, 1.807) is 6.20 Å². The summed E-state index contributed by atoms with van der Waals surface area (Å²) in [5.41, 5.74) is -0.494. The van der Waals surface area contributed by atoms with Crippen LogP contribution in [0.1, 0.15) is 44.9 Å². The van der Waals surface area contributed by atoms with Crippen molar-refractivity contribution in [2.24, 2.45) is 17.3 Å². The molecule has 0 spiro atoms. The summed E-state index contributed by atoms with van der Waals surface area (Å²) < 4.78 is 0. The summed E-state index contributed by atoms with van der Waals surface area (Å²) in [6, 6.07) is 1.41. The van der Waals surface area contributed by atoms with Crippen molar-refractivity contribution in [1.82, 2.24) is 4.98 Å². The van der Waals surface area contributed by atoms with Gasteiger partial charge in [0.15, 0.2) is 0 Å². The maximum Gasteiger partial charge on any atom is 0.225 e. The molecule has 5 rings (SSSR count). The van der Waals surface area contributed by atoms with Crippen LogP contribution in [0.4, 0.5) is 5.69 Å². The molecule has 4 saturated carbocycles. The van der Waals surface area contributed by atoms with Crippen molar-refractivity contribution in [1.29, 1.82) is 0 Å². The van der Waals surface area contributed by atoms with Crippen molar-refractivity contribution in [2.45, 2.75) is 50.5 Å². The van der Waals surface area contributed by atoms with Crippen LogP contribution in [-0.2, 0) is 4.79 Å². The van der Waals surface area contributed by atoms with Crippen LogP contribution >= 0.6 is 0 Å². The standard InChI is InChI=1S/C17H22N2O3/c20-14-1-2-18-9-13(14)19-15(21)8-16-4-11-3-12(5-16)7-17(22,6-11)10-16/h1-2,9,11-12,22H,3-8,10H2,(H,18,20)(H,19,21). The number of carbonyl (C=O) groups is 1. The molecule has 4 bridgehead atoms. The fraction of sp³-hybridized carbons (Fsp3) is 0.647. The molecule has 22 heavy (non-hydrogen) atoms. The van der Waals surface area contributed by atoms with Crippen molar-refractivity contribution in [3.63, 3.8) is 0 Å². The highest BCUT2D eigenvalue weighted by molar-refractivity contribution is 5.91. The van der Waals surface area contributed by atoms with Gasteiger partial charge < -0.3 is 15.4 Å². The quantitative estimate of drug-likeness (QED) is 0.799. The Balaban J connectivity index is 1.50. The summed E-state index contributed by atoms with van der Waals surface area (Å²) >= 11 is 0. The minimum absolute atomic E-state index is 0.0650. The lowest BCUT2D eigenvalue weighted by Gasteiger charge is -2.60. The summed E-state index contributed by atoms with van der Waals surface area (Å²) in [4.78, 5) is 26.9. The number of pyridine rings is 1. The van der Waals surface area contributed by atoms with Crippen molar-refractivity contribution in [3.05, 3.63) is 28.7 Å². The van der Waals surface area contributed by atoms with Crippen LogP contribution in [-0.4, -0.2) is 21.6 Å². The molecule has 118 valence electrons. The maximum atomic E-state index is 12.4. The van der Waals surface area contributed by atoms with Crippen LogP contribution in [0.5, 0.6) is 0 Å². The molecule has 0 aliphatic heterocycles. The molecule has 0 radical (unpaired) electrons. The minimum Gasteiger partial charge on any atom is -0.390 e. The normalized spacial score (nSPS) is 39.0. The molecule has 4 aliphatic carbocycles. The number of aliphatic hydroxyl groups is 1. The third-order valence-electron chi connectivity index (χ3n) is 5.79. The lowest BCUT2D eigenvalue weighted by Crippen LogP contribution is -2.56. The lowest BCUT2D eigenvalue weighted by atomic mass is 9.47. The first-order valence-corrected chi connectivity index (χ1v) is 8.15. The van der Waals surface area contributed by atoms with Crippen molar-refractivity contribution in [3.8, 4) is 0 Å². The number of aromatic nitrogens is 1. The topological polar surface area (TPSA) is 82.2 Å². The van der Waals surface area contributed by atoms with Gasteiger partial charge in [-0.2, -0.15) is 0 Å². The number of carbonyl (C=O) groups excluding carboxylic acids is 1. The van der Waals surface area contributed by atoms with E-state index in [0.29, 0.717) is 23.9 Å². The van der Waals surface area contributed by atoms with Crippen LogP contribution in [0.3, 0.4) is 0 Å². The first-order chi connectivity index (χ1) is 10.5. The second kappa shape index (κ2) is 4.69. The average Bonchev–Trinajstić information content (AvgIpc) is 2.37. The molecule has 2 atom stereocenters. The monoisotopic (exact) mass is 302 g/mol. The third kappa shape index (κ3) is 2.37. The number of hydrogen-bond acceptors (Lipinski definition) is 3. The van der Waals surface area contributed by atoms with Gasteiger partial charge in [0.25, 0.3) is 0 Å². The van der Waals surface area contributed by atoms with Gasteiger partial charge in [0.05, 0.1) is 5.60 Å². The number of H-pyrrole nitrogens is 1. The van der Waals surface area contributed by atoms with E-state index in [9.17, 15) is 14.7 Å². The molecule has 4 fully saturated rings. The van der Waals surface area contributed by atoms with Gasteiger partial charge in [-0.15, -0.1) is 0 Å². The Kier molecular flexibility index (Phi) is 2.98. The van der Waals surface area contributed by atoms with Crippen LogP contribution in [0, 0.1) is 17.3 Å². The minimum atomic E-state index is -0.547.